The summed E-state index contributed by atoms with van der Waals surface area (Å²) in [4.78, 5) is 0.262. The summed E-state index contributed by atoms with van der Waals surface area (Å²) in [7, 11) is -1.53. The molecule has 2 rings (SSSR count). The third-order valence-electron chi connectivity index (χ3n) is 4.31. The van der Waals surface area contributed by atoms with E-state index in [-0.39, 0.29) is 4.90 Å². The van der Waals surface area contributed by atoms with E-state index in [2.05, 4.69) is 22.1 Å². The Labute approximate surface area is 127 Å². The van der Waals surface area contributed by atoms with Gasteiger partial charge in [-0.25, -0.2) is 13.1 Å². The van der Waals surface area contributed by atoms with Gasteiger partial charge in [0.1, 0.15) is 4.90 Å². The average molecular weight is 314 g/mol. The van der Waals surface area contributed by atoms with Crippen LogP contribution in [0.5, 0.6) is 0 Å². The smallest absolute Gasteiger partial charge is 0.243 e. The molecule has 21 heavy (non-hydrogen) atoms. The highest BCUT2D eigenvalue weighted by Crippen LogP contribution is 2.30. The number of nitrogens with zero attached hydrogens (tertiary/aromatic N) is 2. The number of hydrogen-bond acceptors (Lipinski definition) is 4. The molecule has 0 amide bonds. The van der Waals surface area contributed by atoms with Crippen molar-refractivity contribution in [3.05, 3.63) is 12.4 Å². The van der Waals surface area contributed by atoms with E-state index in [1.165, 1.54) is 19.0 Å². The zero-order chi connectivity index (χ0) is 15.3. The first-order valence-corrected chi connectivity index (χ1v) is 9.18. The van der Waals surface area contributed by atoms with Gasteiger partial charge in [0.05, 0.1) is 6.20 Å². The van der Waals surface area contributed by atoms with Crippen LogP contribution in [0.15, 0.2) is 17.3 Å². The van der Waals surface area contributed by atoms with E-state index in [4.69, 9.17) is 0 Å². The molecule has 0 saturated heterocycles. The van der Waals surface area contributed by atoms with Crippen molar-refractivity contribution in [3.63, 3.8) is 0 Å². The summed E-state index contributed by atoms with van der Waals surface area (Å²) in [5.74, 6) is 1.07. The fourth-order valence-electron chi connectivity index (χ4n) is 2.85. The zero-order valence-corrected chi connectivity index (χ0v) is 13.7. The summed E-state index contributed by atoms with van der Waals surface area (Å²) in [5.41, 5.74) is 0. The monoisotopic (exact) mass is 314 g/mol. The van der Waals surface area contributed by atoms with E-state index in [0.717, 1.165) is 25.9 Å². The Kier molecular flexibility index (Phi) is 5.78. The molecule has 0 aromatic carbocycles. The van der Waals surface area contributed by atoms with Crippen molar-refractivity contribution in [1.82, 2.24) is 19.8 Å². The Balaban J connectivity index is 1.89. The molecule has 1 heterocycles. The Morgan fingerprint density at radius 3 is 2.90 bits per heavy atom. The molecule has 2 atom stereocenters. The van der Waals surface area contributed by atoms with Crippen LogP contribution in [-0.2, 0) is 16.6 Å². The maximum Gasteiger partial charge on any atom is 0.243 e. The van der Waals surface area contributed by atoms with Gasteiger partial charge in [-0.3, -0.25) is 4.68 Å². The first-order valence-electron chi connectivity index (χ1n) is 7.69. The van der Waals surface area contributed by atoms with Crippen LogP contribution in [0, 0.1) is 11.8 Å². The molecule has 0 radical (unpaired) electrons. The van der Waals surface area contributed by atoms with Gasteiger partial charge in [0.25, 0.3) is 0 Å². The van der Waals surface area contributed by atoms with Crippen LogP contribution in [0.4, 0.5) is 0 Å². The second kappa shape index (κ2) is 7.38. The minimum absolute atomic E-state index is 0.262. The van der Waals surface area contributed by atoms with Gasteiger partial charge in [-0.1, -0.05) is 19.8 Å². The fraction of sp³-hybridized carbons (Fsp3) is 0.786. The van der Waals surface area contributed by atoms with Gasteiger partial charge < -0.3 is 5.32 Å². The molecule has 1 saturated carbocycles. The van der Waals surface area contributed by atoms with Crippen LogP contribution in [-0.4, -0.2) is 38.3 Å². The van der Waals surface area contributed by atoms with Gasteiger partial charge in [-0.05, 0) is 38.3 Å². The first kappa shape index (κ1) is 16.5. The molecule has 1 aliphatic carbocycles. The van der Waals surface area contributed by atoms with Crippen molar-refractivity contribution in [3.8, 4) is 0 Å². The Bertz CT molecular complexity index is 541. The number of rotatable bonds is 8. The maximum absolute atomic E-state index is 12.3. The molecule has 120 valence electrons. The number of aryl methyl sites for hydroxylation is 1. The molecule has 1 fully saturated rings. The number of nitrogens with one attached hydrogen (secondary N) is 2. The quantitative estimate of drug-likeness (QED) is 0.707. The lowest BCUT2D eigenvalue weighted by atomic mass is 9.99. The van der Waals surface area contributed by atoms with Gasteiger partial charge in [0.15, 0.2) is 0 Å². The molecule has 1 aliphatic rings. The van der Waals surface area contributed by atoms with Gasteiger partial charge in [0.2, 0.25) is 10.0 Å². The van der Waals surface area contributed by atoms with Crippen molar-refractivity contribution in [1.29, 1.82) is 0 Å². The molecule has 6 nitrogen and oxygen atoms in total. The van der Waals surface area contributed by atoms with Crippen molar-refractivity contribution >= 4 is 10.0 Å². The number of sulfonamides is 1. The molecule has 0 bridgehead atoms. The molecular weight excluding hydrogens is 288 g/mol. The third-order valence-corrected chi connectivity index (χ3v) is 5.69. The van der Waals surface area contributed by atoms with Gasteiger partial charge in [0, 0.05) is 19.3 Å². The highest BCUT2D eigenvalue weighted by molar-refractivity contribution is 7.89. The lowest BCUT2D eigenvalue weighted by Gasteiger charge is -2.15. The van der Waals surface area contributed by atoms with Crippen molar-refractivity contribution in [2.45, 2.75) is 44.0 Å². The second-order valence-electron chi connectivity index (χ2n) is 5.92. The third kappa shape index (κ3) is 4.52. The zero-order valence-electron chi connectivity index (χ0n) is 12.9. The summed E-state index contributed by atoms with van der Waals surface area (Å²) in [5, 5.41) is 7.18. The van der Waals surface area contributed by atoms with Crippen LogP contribution in [0.25, 0.3) is 0 Å². The van der Waals surface area contributed by atoms with Crippen LogP contribution in [0.3, 0.4) is 0 Å². The summed E-state index contributed by atoms with van der Waals surface area (Å²) in [6, 6.07) is 0. The topological polar surface area (TPSA) is 76.0 Å². The predicted molar refractivity (Wildman–Crippen MR) is 82.5 cm³/mol. The molecule has 0 aliphatic heterocycles. The van der Waals surface area contributed by atoms with Crippen molar-refractivity contribution < 1.29 is 8.42 Å². The second-order valence-corrected chi connectivity index (χ2v) is 7.68. The Morgan fingerprint density at radius 1 is 1.43 bits per heavy atom. The highest BCUT2D eigenvalue weighted by Gasteiger charge is 2.25. The summed E-state index contributed by atoms with van der Waals surface area (Å²) in [6.07, 6.45) is 7.49. The average Bonchev–Trinajstić information content (AvgIpc) is 3.06. The number of hydrogen-bond donors (Lipinski definition) is 2. The van der Waals surface area contributed by atoms with Crippen LogP contribution in [0.2, 0.25) is 0 Å². The highest BCUT2D eigenvalue weighted by atomic mass is 32.2. The van der Waals surface area contributed by atoms with Gasteiger partial charge in [-0.2, -0.15) is 5.10 Å². The van der Waals surface area contributed by atoms with E-state index < -0.39 is 10.0 Å². The van der Waals surface area contributed by atoms with Crippen LogP contribution < -0.4 is 10.0 Å². The summed E-state index contributed by atoms with van der Waals surface area (Å²) < 4.78 is 28.9. The summed E-state index contributed by atoms with van der Waals surface area (Å²) in [6.45, 7) is 4.34. The van der Waals surface area contributed by atoms with E-state index >= 15 is 0 Å². The van der Waals surface area contributed by atoms with Crippen molar-refractivity contribution in [2.24, 2.45) is 11.8 Å². The lowest BCUT2D eigenvalue weighted by molar-refractivity contribution is 0.414. The first-order chi connectivity index (χ1) is 10.0. The Morgan fingerprint density at radius 2 is 2.24 bits per heavy atom. The minimum Gasteiger partial charge on any atom is -0.320 e. The standard InChI is InChI=1S/C14H26N4O2S/c1-12-5-3-6-13(12)9-17-21(19,20)14-10-16-18(11-14)8-4-7-15-2/h10-13,15,17H,3-9H2,1-2H3. The van der Waals surface area contributed by atoms with Gasteiger partial charge in [-0.15, -0.1) is 0 Å². The molecular formula is C14H26N4O2S. The molecule has 2 unspecified atom stereocenters. The predicted octanol–water partition coefficient (Wildman–Crippen LogP) is 1.21. The maximum atomic E-state index is 12.3. The Hall–Kier alpha value is -0.920. The SMILES string of the molecule is CNCCCn1cc(S(=O)(=O)NCC2CCCC2C)cn1. The largest absolute Gasteiger partial charge is 0.320 e. The van der Waals surface area contributed by atoms with Crippen LogP contribution in [0.1, 0.15) is 32.6 Å². The van der Waals surface area contributed by atoms with Crippen molar-refractivity contribution in [2.75, 3.05) is 20.1 Å². The van der Waals surface area contributed by atoms with Gasteiger partial charge >= 0.3 is 0 Å². The van der Waals surface area contributed by atoms with Crippen LogP contribution >= 0.6 is 0 Å². The van der Waals surface area contributed by atoms with E-state index in [9.17, 15) is 8.42 Å². The molecule has 0 spiro atoms. The molecule has 1 aromatic rings. The summed E-state index contributed by atoms with van der Waals surface area (Å²) >= 11 is 0. The minimum atomic E-state index is -3.43. The normalized spacial score (nSPS) is 22.8. The molecule has 2 N–H and O–H groups in total. The molecule has 1 aromatic heterocycles. The lowest BCUT2D eigenvalue weighted by Crippen LogP contribution is -2.30. The fourth-order valence-corrected chi connectivity index (χ4v) is 3.90. The number of aromatic nitrogens is 2. The van der Waals surface area contributed by atoms with E-state index in [1.807, 2.05) is 7.05 Å². The van der Waals surface area contributed by atoms with E-state index in [1.54, 1.807) is 10.9 Å². The van der Waals surface area contributed by atoms with E-state index in [0.29, 0.717) is 18.4 Å². The molecule has 7 heteroatoms.